The monoisotopic (exact) mass is 911 g/mol. The van der Waals surface area contributed by atoms with Gasteiger partial charge in [-0.3, -0.25) is 39.6 Å². The number of β-amino-alcohol motifs (C(OH)–C–C–N with tert-alkyl or cyclic N) is 2. The van der Waals surface area contributed by atoms with Crippen molar-refractivity contribution >= 4 is 41.5 Å². The van der Waals surface area contributed by atoms with E-state index in [0.717, 1.165) is 0 Å². The van der Waals surface area contributed by atoms with Gasteiger partial charge in [-0.15, -0.1) is 0 Å². The summed E-state index contributed by atoms with van der Waals surface area (Å²) in [6.07, 6.45) is -4.99. The molecule has 3 unspecified atom stereocenters. The van der Waals surface area contributed by atoms with Crippen LogP contribution < -0.4 is 27.0 Å². The number of anilines is 1. The van der Waals surface area contributed by atoms with Gasteiger partial charge in [-0.2, -0.15) is 0 Å². The van der Waals surface area contributed by atoms with Gasteiger partial charge in [0.15, 0.2) is 0 Å². The van der Waals surface area contributed by atoms with E-state index in [2.05, 4.69) is 15.5 Å². The van der Waals surface area contributed by atoms with Crippen LogP contribution in [0.2, 0.25) is 0 Å². The number of halogens is 1. The van der Waals surface area contributed by atoms with Crippen molar-refractivity contribution in [1.29, 1.82) is 0 Å². The lowest BCUT2D eigenvalue weighted by molar-refractivity contribution is -0.152. The first-order valence-electron chi connectivity index (χ1n) is 22.2. The van der Waals surface area contributed by atoms with E-state index in [4.69, 9.17) is 11.5 Å². The van der Waals surface area contributed by atoms with Gasteiger partial charge in [-0.05, 0) is 78.6 Å². The average molecular weight is 912 g/mol. The number of aliphatic hydroxyl groups excluding tert-OH is 2. The summed E-state index contributed by atoms with van der Waals surface area (Å²) in [5, 5.41) is 48.3. The molecule has 3 saturated heterocycles. The second-order valence-electron chi connectivity index (χ2n) is 20.2. The summed E-state index contributed by atoms with van der Waals surface area (Å²) in [4.78, 5) is 87.9. The second kappa shape index (κ2) is 15.8. The third kappa shape index (κ3) is 6.38. The molecule has 17 nitrogen and oxygen atoms in total. The molecular formula is C48H58FN7O10. The summed E-state index contributed by atoms with van der Waals surface area (Å²) in [7, 11) is 0. The quantitative estimate of drug-likeness (QED) is 0.153. The molecule has 18 heteroatoms. The highest BCUT2D eigenvalue weighted by atomic mass is 19.1. The van der Waals surface area contributed by atoms with Crippen LogP contribution in [-0.4, -0.2) is 115 Å². The zero-order chi connectivity index (χ0) is 48.2. The molecule has 3 fully saturated rings. The normalized spacial score (nSPS) is 34.4. The van der Waals surface area contributed by atoms with E-state index in [1.54, 1.807) is 98.2 Å². The molecule has 3 aromatic carbocycles. The summed E-state index contributed by atoms with van der Waals surface area (Å²) >= 11 is 0. The molecule has 4 bridgehead atoms. The van der Waals surface area contributed by atoms with E-state index in [9.17, 15) is 44.0 Å². The van der Waals surface area contributed by atoms with Crippen molar-refractivity contribution in [3.05, 3.63) is 101 Å². The number of primary amides is 2. The molecule has 4 aliphatic carbocycles. The molecule has 6 amide bonds. The SMILES string of the molecule is CC1C[C@H]([C@@H]2C[C@H](O)CN2[C@]2(C(=O)NC(=O)O)c3ccc(cc3)C(C(N)=O)C2(C)C)N(c2ccc(F)cc2)[C@@]1(C)[C@@H]1C[C@H](O)CN1[C@]1(C(=O)NC(=O)O)c2ccc(cc2)C(C(N)=O)C1(C)C. The van der Waals surface area contributed by atoms with E-state index in [1.807, 2.05) is 13.8 Å². The Kier molecular flexibility index (Phi) is 11.2. The van der Waals surface area contributed by atoms with Crippen LogP contribution in [0.4, 0.5) is 19.7 Å². The smallest absolute Gasteiger partial charge is 0.411 e. The number of imide groups is 2. The molecule has 0 radical (unpaired) electrons. The number of benzene rings is 3. The van der Waals surface area contributed by atoms with Gasteiger partial charge in [0.05, 0.1) is 29.6 Å². The minimum absolute atomic E-state index is 0.0450. The Hall–Kier alpha value is -5.95. The molecule has 0 saturated carbocycles. The molecule has 0 spiro atoms. The lowest BCUT2D eigenvalue weighted by Gasteiger charge is -2.58. The molecule has 3 aromatic rings. The van der Waals surface area contributed by atoms with E-state index in [0.29, 0.717) is 34.4 Å². The maximum atomic E-state index is 15.1. The standard InChI is InChI=1S/C48H58FN7O10/c1-24-19-34(33-20-31(57)22-54(33)47(40(61)52-42(63)64)27-11-7-25(8-12-27)36(38(50)59)44(47,2)3)56(30-17-15-29(49)16-18-30)46(24,6)35-21-32(58)23-55(35)48(41(62)53-43(65)66)28-13-9-26(10-14-28)37(39(51)60)45(48,4)5/h7-18,24,31-37,57-58H,19-23H2,1-6H3,(H2,50,59)(H2,51,60)(H,52,61)(H,53,62)(H,63,64)(H,65,66)/t24?,31-,32-,33-,34+,35-,36?,37?,46+,47-,48-/m0/s1. The van der Waals surface area contributed by atoms with Crippen LogP contribution in [-0.2, 0) is 30.3 Å². The van der Waals surface area contributed by atoms with Gasteiger partial charge in [0.2, 0.25) is 11.8 Å². The largest absolute Gasteiger partial charge is 0.465 e. The van der Waals surface area contributed by atoms with Crippen molar-refractivity contribution < 1.29 is 53.6 Å². The number of likely N-dealkylation sites (tertiary alicyclic amines) is 2. The molecule has 11 atom stereocenters. The summed E-state index contributed by atoms with van der Waals surface area (Å²) in [6.45, 7) is 10.4. The molecule has 3 heterocycles. The topological polar surface area (TPSA) is 269 Å². The number of carbonyl (C=O) groups excluding carboxylic acids is 4. The van der Waals surface area contributed by atoms with Crippen LogP contribution in [0.3, 0.4) is 0 Å². The first-order valence-corrected chi connectivity index (χ1v) is 22.2. The van der Waals surface area contributed by atoms with Crippen molar-refractivity contribution in [2.24, 2.45) is 28.2 Å². The molecule has 66 heavy (non-hydrogen) atoms. The molecule has 0 aromatic heterocycles. The number of hydrogen-bond donors (Lipinski definition) is 8. The molecule has 352 valence electrons. The highest BCUT2D eigenvalue weighted by molar-refractivity contribution is 6.01. The second-order valence-corrected chi connectivity index (χ2v) is 20.2. The van der Waals surface area contributed by atoms with E-state index >= 15 is 9.59 Å². The van der Waals surface area contributed by atoms with Crippen molar-refractivity contribution in [3.8, 4) is 0 Å². The first kappa shape index (κ1) is 46.6. The van der Waals surface area contributed by atoms with Crippen LogP contribution >= 0.6 is 0 Å². The van der Waals surface area contributed by atoms with Crippen molar-refractivity contribution in [2.75, 3.05) is 18.0 Å². The Morgan fingerprint density at radius 2 is 1.05 bits per heavy atom. The summed E-state index contributed by atoms with van der Waals surface area (Å²) in [5.74, 6) is -6.56. The number of aliphatic hydroxyl groups is 2. The number of nitrogens with one attached hydrogen (secondary N) is 2. The number of amides is 6. The van der Waals surface area contributed by atoms with Crippen LogP contribution in [0.5, 0.6) is 0 Å². The first-order chi connectivity index (χ1) is 30.9. The van der Waals surface area contributed by atoms with Gasteiger partial charge in [0.25, 0.3) is 11.8 Å². The van der Waals surface area contributed by atoms with E-state index in [-0.39, 0.29) is 25.9 Å². The Morgan fingerprint density at radius 3 is 1.48 bits per heavy atom. The fourth-order valence-electron chi connectivity index (χ4n) is 13.9. The maximum absolute atomic E-state index is 15.1. The molecule has 3 aliphatic heterocycles. The maximum Gasteiger partial charge on any atom is 0.411 e. The number of rotatable bonds is 9. The minimum atomic E-state index is -1.97. The fourth-order valence-corrected chi connectivity index (χ4v) is 13.9. The third-order valence-electron chi connectivity index (χ3n) is 16.4. The summed E-state index contributed by atoms with van der Waals surface area (Å²) in [6, 6.07) is 16.9. The van der Waals surface area contributed by atoms with Gasteiger partial charge >= 0.3 is 12.2 Å². The Balaban J connectivity index is 1.36. The number of nitrogens with zero attached hydrogens (tertiary/aromatic N) is 3. The molecule has 7 aliphatic rings. The molecular weight excluding hydrogens is 854 g/mol. The summed E-state index contributed by atoms with van der Waals surface area (Å²) < 4.78 is 15.0. The van der Waals surface area contributed by atoms with Gasteiger partial charge in [0, 0.05) is 47.7 Å². The fraction of sp³-hybridized carbons (Fsp3) is 0.500. The van der Waals surface area contributed by atoms with Crippen LogP contribution in [0.15, 0.2) is 72.8 Å². The van der Waals surface area contributed by atoms with E-state index in [1.165, 1.54) is 12.1 Å². The van der Waals surface area contributed by atoms with Gasteiger partial charge in [0.1, 0.15) is 16.9 Å². The predicted octanol–water partition coefficient (Wildman–Crippen LogP) is 3.27. The van der Waals surface area contributed by atoms with Crippen LogP contribution in [0, 0.1) is 22.6 Å². The van der Waals surface area contributed by atoms with Crippen molar-refractivity contribution in [1.82, 2.24) is 20.4 Å². The number of carboxylic acid groups (broad SMARTS) is 2. The zero-order valence-corrected chi connectivity index (χ0v) is 37.7. The lowest BCUT2D eigenvalue weighted by atomic mass is 9.59. The van der Waals surface area contributed by atoms with Gasteiger partial charge in [-0.1, -0.05) is 83.1 Å². The lowest BCUT2D eigenvalue weighted by Crippen LogP contribution is -2.72. The van der Waals surface area contributed by atoms with Crippen LogP contribution in [0.1, 0.15) is 94.9 Å². The highest BCUT2D eigenvalue weighted by Crippen LogP contribution is 2.62. The van der Waals surface area contributed by atoms with Gasteiger partial charge < -0.3 is 36.8 Å². The number of carbonyl (C=O) groups is 6. The van der Waals surface area contributed by atoms with Crippen LogP contribution in [0.25, 0.3) is 0 Å². The third-order valence-corrected chi connectivity index (χ3v) is 16.4. The number of nitrogens with two attached hydrogens (primary N) is 2. The molecule has 10 rings (SSSR count). The summed E-state index contributed by atoms with van der Waals surface area (Å²) in [5.41, 5.74) is 6.53. The van der Waals surface area contributed by atoms with Crippen molar-refractivity contribution in [2.45, 2.75) is 120 Å². The number of hydrogen-bond acceptors (Lipinski definition) is 11. The predicted molar refractivity (Wildman–Crippen MR) is 237 cm³/mol. The highest BCUT2D eigenvalue weighted by Gasteiger charge is 2.71. The zero-order valence-electron chi connectivity index (χ0n) is 37.7. The Bertz CT molecular complexity index is 2490. The average Bonchev–Trinajstić information content (AvgIpc) is 3.80. The van der Waals surface area contributed by atoms with Crippen molar-refractivity contribution in [3.63, 3.8) is 0 Å². The van der Waals surface area contributed by atoms with E-state index < -0.39 is 117 Å². The molecule has 10 N–H and O–H groups in total. The Labute approximate surface area is 381 Å². The minimum Gasteiger partial charge on any atom is -0.465 e. The Morgan fingerprint density at radius 1 is 0.621 bits per heavy atom. The van der Waals surface area contributed by atoms with Gasteiger partial charge in [-0.25, -0.2) is 14.0 Å². The number of fused-ring (bicyclic) bond motifs is 8.